The molecule has 2 nitrogen and oxygen atoms in total. The van der Waals surface area contributed by atoms with E-state index >= 15 is 0 Å². The van der Waals surface area contributed by atoms with E-state index in [4.69, 9.17) is 10.5 Å². The molecule has 0 aliphatic carbocycles. The summed E-state index contributed by atoms with van der Waals surface area (Å²) in [5.41, 5.74) is 5.55. The van der Waals surface area contributed by atoms with Gasteiger partial charge in [-0.15, -0.1) is 0 Å². The van der Waals surface area contributed by atoms with Crippen LogP contribution in [-0.2, 0) is 4.74 Å². The summed E-state index contributed by atoms with van der Waals surface area (Å²) in [5.74, 6) is 0. The molecule has 0 radical (unpaired) electrons. The summed E-state index contributed by atoms with van der Waals surface area (Å²) in [6.07, 6.45) is 1.27. The number of nitrogens with two attached hydrogens (primary N) is 1. The lowest BCUT2D eigenvalue weighted by molar-refractivity contribution is 0.0527. The highest BCUT2D eigenvalue weighted by molar-refractivity contribution is 4.61. The van der Waals surface area contributed by atoms with E-state index < -0.39 is 0 Å². The van der Waals surface area contributed by atoms with Gasteiger partial charge in [-0.05, 0) is 20.3 Å². The van der Waals surface area contributed by atoms with Gasteiger partial charge in [0, 0.05) is 12.6 Å². The van der Waals surface area contributed by atoms with Crippen LogP contribution in [0.15, 0.2) is 0 Å². The van der Waals surface area contributed by atoms with Crippen LogP contribution in [-0.4, -0.2) is 18.8 Å². The molecular formula is C7H17NO. The molecule has 0 aromatic heterocycles. The quantitative estimate of drug-likeness (QED) is 0.621. The van der Waals surface area contributed by atoms with Crippen molar-refractivity contribution in [2.45, 2.75) is 39.3 Å². The van der Waals surface area contributed by atoms with Gasteiger partial charge in [0.1, 0.15) is 0 Å². The van der Waals surface area contributed by atoms with Crippen molar-refractivity contribution < 1.29 is 4.74 Å². The monoisotopic (exact) mass is 131 g/mol. The minimum Gasteiger partial charge on any atom is -0.377 e. The SMILES string of the molecule is CCCOC(C)[C@@H](C)N. The molecule has 0 saturated heterocycles. The summed E-state index contributed by atoms with van der Waals surface area (Å²) in [6, 6.07) is 0.150. The first kappa shape index (κ1) is 8.92. The fourth-order valence-electron chi connectivity index (χ4n) is 0.456. The molecule has 0 aliphatic rings. The lowest BCUT2D eigenvalue weighted by Gasteiger charge is -2.15. The predicted octanol–water partition coefficient (Wildman–Crippen LogP) is 1.15. The molecule has 2 N–H and O–H groups in total. The fourth-order valence-corrected chi connectivity index (χ4v) is 0.456. The fraction of sp³-hybridized carbons (Fsp3) is 1.00. The van der Waals surface area contributed by atoms with Crippen molar-refractivity contribution in [3.05, 3.63) is 0 Å². The van der Waals surface area contributed by atoms with Crippen LogP contribution in [0.1, 0.15) is 27.2 Å². The summed E-state index contributed by atoms with van der Waals surface area (Å²) in [7, 11) is 0. The smallest absolute Gasteiger partial charge is 0.0695 e. The van der Waals surface area contributed by atoms with Crippen LogP contribution < -0.4 is 5.73 Å². The van der Waals surface area contributed by atoms with Crippen molar-refractivity contribution in [2.75, 3.05) is 6.61 Å². The first-order chi connectivity index (χ1) is 4.18. The van der Waals surface area contributed by atoms with E-state index in [0.717, 1.165) is 13.0 Å². The van der Waals surface area contributed by atoms with Crippen LogP contribution in [0, 0.1) is 0 Å². The Labute approximate surface area is 57.4 Å². The van der Waals surface area contributed by atoms with Gasteiger partial charge in [-0.25, -0.2) is 0 Å². The van der Waals surface area contributed by atoms with Gasteiger partial charge >= 0.3 is 0 Å². The zero-order chi connectivity index (χ0) is 7.28. The van der Waals surface area contributed by atoms with Crippen LogP contribution in [0.4, 0.5) is 0 Å². The van der Waals surface area contributed by atoms with E-state index in [0.29, 0.717) is 0 Å². The molecule has 0 amide bonds. The molecule has 2 atom stereocenters. The van der Waals surface area contributed by atoms with Crippen LogP contribution in [0.3, 0.4) is 0 Å². The van der Waals surface area contributed by atoms with E-state index in [2.05, 4.69) is 6.92 Å². The molecule has 0 aromatic rings. The molecule has 0 saturated carbocycles. The largest absolute Gasteiger partial charge is 0.377 e. The summed E-state index contributed by atoms with van der Waals surface area (Å²) in [4.78, 5) is 0. The molecular weight excluding hydrogens is 114 g/mol. The minimum atomic E-state index is 0.150. The van der Waals surface area contributed by atoms with Crippen molar-refractivity contribution in [1.82, 2.24) is 0 Å². The molecule has 0 heterocycles. The first-order valence-corrected chi connectivity index (χ1v) is 3.55. The maximum Gasteiger partial charge on any atom is 0.0695 e. The Morgan fingerprint density at radius 1 is 1.44 bits per heavy atom. The van der Waals surface area contributed by atoms with Gasteiger partial charge in [-0.2, -0.15) is 0 Å². The van der Waals surface area contributed by atoms with Crippen LogP contribution in [0.25, 0.3) is 0 Å². The van der Waals surface area contributed by atoms with Gasteiger partial charge < -0.3 is 10.5 Å². The highest BCUT2D eigenvalue weighted by atomic mass is 16.5. The first-order valence-electron chi connectivity index (χ1n) is 3.55. The summed E-state index contributed by atoms with van der Waals surface area (Å²) < 4.78 is 5.33. The number of hydrogen-bond donors (Lipinski definition) is 1. The average Bonchev–Trinajstić information content (AvgIpc) is 1.82. The lowest BCUT2D eigenvalue weighted by atomic mass is 10.2. The van der Waals surface area contributed by atoms with E-state index in [1.54, 1.807) is 0 Å². The molecule has 0 spiro atoms. The van der Waals surface area contributed by atoms with Gasteiger partial charge in [0.05, 0.1) is 6.10 Å². The van der Waals surface area contributed by atoms with Gasteiger partial charge in [0.15, 0.2) is 0 Å². The Balaban J connectivity index is 3.16. The Morgan fingerprint density at radius 3 is 2.33 bits per heavy atom. The maximum absolute atomic E-state index is 5.55. The van der Waals surface area contributed by atoms with Crippen LogP contribution in [0.2, 0.25) is 0 Å². The van der Waals surface area contributed by atoms with Gasteiger partial charge in [0.25, 0.3) is 0 Å². The van der Waals surface area contributed by atoms with Crippen molar-refractivity contribution in [3.63, 3.8) is 0 Å². The Morgan fingerprint density at radius 2 is 2.00 bits per heavy atom. The van der Waals surface area contributed by atoms with Crippen molar-refractivity contribution in [1.29, 1.82) is 0 Å². The molecule has 9 heavy (non-hydrogen) atoms. The summed E-state index contributed by atoms with van der Waals surface area (Å²) in [5, 5.41) is 0. The lowest BCUT2D eigenvalue weighted by Crippen LogP contribution is -2.31. The van der Waals surface area contributed by atoms with Crippen molar-refractivity contribution in [2.24, 2.45) is 5.73 Å². The second-order valence-electron chi connectivity index (χ2n) is 2.44. The highest BCUT2D eigenvalue weighted by Gasteiger charge is 2.05. The van der Waals surface area contributed by atoms with Crippen LogP contribution in [0.5, 0.6) is 0 Å². The maximum atomic E-state index is 5.55. The third-order valence-corrected chi connectivity index (χ3v) is 1.33. The Bertz CT molecular complexity index is 63.9. The standard InChI is InChI=1S/C7H17NO/c1-4-5-9-7(3)6(2)8/h6-7H,4-5,8H2,1-3H3/t6-,7?/m1/s1. The summed E-state index contributed by atoms with van der Waals surface area (Å²) >= 11 is 0. The van der Waals surface area contributed by atoms with E-state index in [1.165, 1.54) is 0 Å². The second-order valence-corrected chi connectivity index (χ2v) is 2.44. The highest BCUT2D eigenvalue weighted by Crippen LogP contribution is 1.95. The zero-order valence-corrected chi connectivity index (χ0v) is 6.55. The zero-order valence-electron chi connectivity index (χ0n) is 6.55. The third-order valence-electron chi connectivity index (χ3n) is 1.33. The minimum absolute atomic E-state index is 0.150. The molecule has 0 rings (SSSR count). The molecule has 56 valence electrons. The molecule has 0 bridgehead atoms. The molecule has 0 fully saturated rings. The predicted molar refractivity (Wildman–Crippen MR) is 39.4 cm³/mol. The van der Waals surface area contributed by atoms with Crippen molar-refractivity contribution in [3.8, 4) is 0 Å². The van der Waals surface area contributed by atoms with Gasteiger partial charge in [-0.3, -0.25) is 0 Å². The Kier molecular flexibility index (Phi) is 4.72. The average molecular weight is 131 g/mol. The summed E-state index contributed by atoms with van der Waals surface area (Å²) in [6.45, 7) is 6.87. The number of ether oxygens (including phenoxy) is 1. The number of rotatable bonds is 4. The molecule has 1 unspecified atom stereocenters. The van der Waals surface area contributed by atoms with Gasteiger partial charge in [-0.1, -0.05) is 6.92 Å². The van der Waals surface area contributed by atoms with E-state index in [9.17, 15) is 0 Å². The van der Waals surface area contributed by atoms with Crippen LogP contribution >= 0.6 is 0 Å². The normalized spacial score (nSPS) is 17.3. The topological polar surface area (TPSA) is 35.2 Å². The van der Waals surface area contributed by atoms with Crippen molar-refractivity contribution >= 4 is 0 Å². The Hall–Kier alpha value is -0.0800. The second kappa shape index (κ2) is 4.77. The number of hydrogen-bond acceptors (Lipinski definition) is 2. The van der Waals surface area contributed by atoms with E-state index in [-0.39, 0.29) is 12.1 Å². The van der Waals surface area contributed by atoms with Gasteiger partial charge in [0.2, 0.25) is 0 Å². The van der Waals surface area contributed by atoms with E-state index in [1.807, 2.05) is 13.8 Å². The molecule has 0 aromatic carbocycles. The third kappa shape index (κ3) is 4.43. The molecule has 0 aliphatic heterocycles. The molecule has 2 heteroatoms.